The van der Waals surface area contributed by atoms with Gasteiger partial charge in [-0.15, -0.1) is 0 Å². The third-order valence-corrected chi connectivity index (χ3v) is 10.1. The predicted molar refractivity (Wildman–Crippen MR) is 133 cm³/mol. The topological polar surface area (TPSA) is 38.3 Å². The molecule has 0 bridgehead atoms. The molecule has 1 atom stereocenters. The summed E-state index contributed by atoms with van der Waals surface area (Å²) < 4.78 is 5.69. The lowest BCUT2D eigenvalue weighted by Crippen LogP contribution is -2.51. The van der Waals surface area contributed by atoms with Gasteiger partial charge in [0.2, 0.25) is 0 Å². The number of alkyl carbamates (subject to hydrolysis) is 1. The third kappa shape index (κ3) is 5.17. The number of rotatable bonds is 6. The normalized spacial score (nSPS) is 13.0. The summed E-state index contributed by atoms with van der Waals surface area (Å²) in [6, 6.07) is 31.8. The van der Waals surface area contributed by atoms with E-state index in [1.54, 1.807) is 0 Å². The molecule has 0 saturated carbocycles. The van der Waals surface area contributed by atoms with Crippen LogP contribution in [0.5, 0.6) is 0 Å². The molecule has 0 saturated heterocycles. The molecule has 3 nitrogen and oxygen atoms in total. The number of amides is 1. The van der Waals surface area contributed by atoms with Gasteiger partial charge in [-0.25, -0.2) is 4.79 Å². The minimum absolute atomic E-state index is 0.130. The van der Waals surface area contributed by atoms with E-state index >= 15 is 0 Å². The van der Waals surface area contributed by atoms with Crippen molar-refractivity contribution in [1.29, 1.82) is 0 Å². The largest absolute Gasteiger partial charge is 0.444 e. The Kier molecular flexibility index (Phi) is 7.18. The summed E-state index contributed by atoms with van der Waals surface area (Å²) in [4.78, 5) is 13.0. The number of benzene rings is 3. The summed E-state index contributed by atoms with van der Waals surface area (Å²) in [7, 11) is -2.25. The summed E-state index contributed by atoms with van der Waals surface area (Å²) in [6.45, 7) is 10.0. The highest BCUT2D eigenvalue weighted by molar-refractivity contribution is 7.96. The molecule has 0 aliphatic heterocycles. The smallest absolute Gasteiger partial charge is 0.410 e. The molecule has 1 unspecified atom stereocenters. The Balaban J connectivity index is 2.28. The van der Waals surface area contributed by atoms with Crippen LogP contribution in [0, 0.1) is 5.92 Å². The fraction of sp³-hybridized carbons (Fsp3) is 0.296. The molecule has 0 radical (unpaired) electrons. The van der Waals surface area contributed by atoms with Gasteiger partial charge >= 0.3 is 6.09 Å². The van der Waals surface area contributed by atoms with Crippen molar-refractivity contribution in [2.24, 2.45) is 5.92 Å². The van der Waals surface area contributed by atoms with Gasteiger partial charge in [-0.3, -0.25) is 5.32 Å². The average molecular weight is 435 g/mol. The van der Waals surface area contributed by atoms with Gasteiger partial charge in [-0.2, -0.15) is 0 Å². The van der Waals surface area contributed by atoms with Crippen molar-refractivity contribution >= 4 is 29.3 Å². The molecule has 0 aliphatic carbocycles. The lowest BCUT2D eigenvalue weighted by atomic mass is 10.2. The second-order valence-electron chi connectivity index (χ2n) is 9.06. The highest BCUT2D eigenvalue weighted by Crippen LogP contribution is 2.60. The Morgan fingerprint density at radius 1 is 0.742 bits per heavy atom. The Morgan fingerprint density at radius 3 is 1.39 bits per heavy atom. The van der Waals surface area contributed by atoms with Crippen LogP contribution in [-0.2, 0) is 4.74 Å². The number of hydrogen-bond donors (Lipinski definition) is 1. The molecule has 0 spiro atoms. The van der Waals surface area contributed by atoms with Crippen molar-refractivity contribution in [3.8, 4) is 0 Å². The van der Waals surface area contributed by atoms with Crippen LogP contribution in [0.25, 0.3) is 0 Å². The van der Waals surface area contributed by atoms with Gasteiger partial charge in [-0.1, -0.05) is 68.4 Å². The van der Waals surface area contributed by atoms with Crippen LogP contribution in [0.2, 0.25) is 0 Å². The van der Waals surface area contributed by atoms with E-state index in [9.17, 15) is 4.79 Å². The van der Waals surface area contributed by atoms with Crippen LogP contribution < -0.4 is 21.2 Å². The van der Waals surface area contributed by atoms with Crippen LogP contribution in [0.3, 0.4) is 0 Å². The van der Waals surface area contributed by atoms with E-state index in [2.05, 4.69) is 92.0 Å². The van der Waals surface area contributed by atoms with Crippen LogP contribution in [-0.4, -0.2) is 17.5 Å². The highest BCUT2D eigenvalue weighted by atomic mass is 31.2. The van der Waals surface area contributed by atoms with Gasteiger partial charge in [0.15, 0.2) is 5.78 Å². The molecule has 1 amide bonds. The second-order valence-corrected chi connectivity index (χ2v) is 12.6. The first-order valence-corrected chi connectivity index (χ1v) is 12.7. The van der Waals surface area contributed by atoms with Crippen LogP contribution in [0.1, 0.15) is 34.6 Å². The lowest BCUT2D eigenvalue weighted by molar-refractivity contribution is 0.0512. The molecular formula is C27H33NO2P+. The first-order chi connectivity index (χ1) is 14.7. The molecule has 0 heterocycles. The number of carbonyl (C=O) groups excluding carboxylic acids is 1. The molecule has 31 heavy (non-hydrogen) atoms. The van der Waals surface area contributed by atoms with E-state index in [1.165, 1.54) is 15.9 Å². The molecule has 0 fully saturated rings. The SMILES string of the molecule is CC(C)C(NC(=O)OC(C)(C)C)[P+](c1ccccc1)(c1ccccc1)c1ccccc1. The Morgan fingerprint density at radius 2 is 1.10 bits per heavy atom. The maximum Gasteiger partial charge on any atom is 0.410 e. The van der Waals surface area contributed by atoms with Crippen molar-refractivity contribution in [2.75, 3.05) is 0 Å². The van der Waals surface area contributed by atoms with Gasteiger partial charge in [0, 0.05) is 5.92 Å². The predicted octanol–water partition coefficient (Wildman–Crippen LogP) is 5.49. The molecule has 1 N–H and O–H groups in total. The molecule has 4 heteroatoms. The fourth-order valence-corrected chi connectivity index (χ4v) is 9.04. The van der Waals surface area contributed by atoms with Gasteiger partial charge in [-0.05, 0) is 57.2 Å². The third-order valence-electron chi connectivity index (χ3n) is 5.20. The maximum absolute atomic E-state index is 13.0. The van der Waals surface area contributed by atoms with Crippen molar-refractivity contribution in [1.82, 2.24) is 5.32 Å². The lowest BCUT2D eigenvalue weighted by Gasteiger charge is -2.37. The molecule has 3 aromatic carbocycles. The van der Waals surface area contributed by atoms with Gasteiger partial charge in [0.25, 0.3) is 0 Å². The second kappa shape index (κ2) is 9.66. The van der Waals surface area contributed by atoms with Crippen molar-refractivity contribution in [2.45, 2.75) is 46.0 Å². The van der Waals surface area contributed by atoms with Gasteiger partial charge in [0.05, 0.1) is 0 Å². The average Bonchev–Trinajstić information content (AvgIpc) is 2.74. The van der Waals surface area contributed by atoms with E-state index in [0.717, 1.165) is 0 Å². The van der Waals surface area contributed by atoms with E-state index in [-0.39, 0.29) is 17.8 Å². The summed E-state index contributed by atoms with van der Waals surface area (Å²) in [5, 5.41) is 7.01. The van der Waals surface area contributed by atoms with E-state index in [1.807, 2.05) is 39.0 Å². The van der Waals surface area contributed by atoms with Crippen molar-refractivity contribution in [3.05, 3.63) is 91.0 Å². The zero-order valence-corrected chi connectivity index (χ0v) is 20.0. The van der Waals surface area contributed by atoms with Crippen LogP contribution in [0.15, 0.2) is 91.0 Å². The van der Waals surface area contributed by atoms with Gasteiger partial charge < -0.3 is 4.74 Å². The Hall–Kier alpha value is -2.64. The first-order valence-electron chi connectivity index (χ1n) is 10.8. The number of carbonyl (C=O) groups is 1. The first kappa shape index (κ1) is 23.0. The molecule has 3 aromatic rings. The van der Waals surface area contributed by atoms with E-state index in [4.69, 9.17) is 4.74 Å². The zero-order valence-electron chi connectivity index (χ0n) is 19.1. The summed E-state index contributed by atoms with van der Waals surface area (Å²) >= 11 is 0. The van der Waals surface area contributed by atoms with Crippen LogP contribution in [0.4, 0.5) is 4.79 Å². The van der Waals surface area contributed by atoms with Crippen molar-refractivity contribution in [3.63, 3.8) is 0 Å². The molecule has 0 aromatic heterocycles. The monoisotopic (exact) mass is 434 g/mol. The van der Waals surface area contributed by atoms with E-state index in [0.29, 0.717) is 0 Å². The minimum Gasteiger partial charge on any atom is -0.444 e. The van der Waals surface area contributed by atoms with Crippen LogP contribution >= 0.6 is 7.26 Å². The maximum atomic E-state index is 13.0. The zero-order chi connectivity index (χ0) is 22.5. The number of nitrogens with one attached hydrogen (secondary N) is 1. The molecule has 162 valence electrons. The quantitative estimate of drug-likeness (QED) is 0.521. The van der Waals surface area contributed by atoms with Gasteiger partial charge in [0.1, 0.15) is 28.8 Å². The van der Waals surface area contributed by atoms with E-state index < -0.39 is 12.9 Å². The highest BCUT2D eigenvalue weighted by Gasteiger charge is 2.54. The molecule has 0 aliphatic rings. The molecule has 3 rings (SSSR count). The fourth-order valence-electron chi connectivity index (χ4n) is 4.06. The number of ether oxygens (including phenoxy) is 1. The standard InChI is InChI=1S/C27H32NO2P/c1-21(2)25(28-26(29)30-27(3,4)5)31(22-15-9-6-10-16-22,23-17-11-7-12-18-23)24-19-13-8-14-20-24/h6-21,25H,1-5H3/p+1. The Labute approximate surface area is 187 Å². The minimum atomic E-state index is -2.25. The summed E-state index contributed by atoms with van der Waals surface area (Å²) in [6.07, 6.45) is -0.377. The Bertz CT molecular complexity index is 870. The summed E-state index contributed by atoms with van der Waals surface area (Å²) in [5.41, 5.74) is -0.557. The summed E-state index contributed by atoms with van der Waals surface area (Å²) in [5.74, 6) is 0.0519. The molecular weight excluding hydrogens is 401 g/mol. The number of hydrogen-bond acceptors (Lipinski definition) is 2. The van der Waals surface area contributed by atoms with Crippen molar-refractivity contribution < 1.29 is 9.53 Å².